The predicted octanol–water partition coefficient (Wildman–Crippen LogP) is 2.59. The van der Waals surface area contributed by atoms with Gasteiger partial charge in [-0.3, -0.25) is 4.90 Å². The van der Waals surface area contributed by atoms with Crippen molar-refractivity contribution in [2.45, 2.75) is 20.0 Å². The molecule has 1 saturated heterocycles. The Kier molecular flexibility index (Phi) is 5.16. The van der Waals surface area contributed by atoms with E-state index in [9.17, 15) is 0 Å². The van der Waals surface area contributed by atoms with E-state index < -0.39 is 0 Å². The maximum absolute atomic E-state index is 5.95. The molecular weight excluding hydrogens is 284 g/mol. The largest absolute Gasteiger partial charge is 0.398 e. The van der Waals surface area contributed by atoms with E-state index in [2.05, 4.69) is 45.9 Å². The zero-order valence-electron chi connectivity index (χ0n) is 13.8. The maximum Gasteiger partial charge on any atom is 0.0400 e. The Bertz CT molecular complexity index is 630. The number of nitrogens with two attached hydrogens (primary N) is 1. The molecule has 0 radical (unpaired) electrons. The Balaban J connectivity index is 1.53. The number of rotatable bonds is 5. The number of hydrogen-bond donors (Lipinski definition) is 3. The van der Waals surface area contributed by atoms with Gasteiger partial charge in [-0.05, 0) is 35.7 Å². The standard InChI is InChI=1S/C19H26N4/c1-15-2-7-18(12-19(15)20)22-13-16-3-5-17(6-4-16)14-23-10-8-21-9-11-23/h2-7,12,21-22H,8-11,13-14,20H2,1H3. The van der Waals surface area contributed by atoms with Gasteiger partial charge in [0, 0.05) is 50.6 Å². The lowest BCUT2D eigenvalue weighted by molar-refractivity contribution is 0.233. The second-order valence-corrected chi connectivity index (χ2v) is 6.27. The van der Waals surface area contributed by atoms with Crippen LogP contribution in [0.1, 0.15) is 16.7 Å². The number of benzene rings is 2. The fraction of sp³-hybridized carbons (Fsp3) is 0.368. The first-order chi connectivity index (χ1) is 11.2. The molecule has 0 unspecified atom stereocenters. The number of nitrogens with one attached hydrogen (secondary N) is 2. The minimum Gasteiger partial charge on any atom is -0.398 e. The van der Waals surface area contributed by atoms with Gasteiger partial charge >= 0.3 is 0 Å². The van der Waals surface area contributed by atoms with Crippen LogP contribution in [-0.2, 0) is 13.1 Å². The number of nitrogen functional groups attached to an aromatic ring is 1. The van der Waals surface area contributed by atoms with Crippen LogP contribution in [0.2, 0.25) is 0 Å². The first-order valence-electron chi connectivity index (χ1n) is 8.31. The molecule has 4 N–H and O–H groups in total. The normalized spacial score (nSPS) is 15.5. The Morgan fingerprint density at radius 3 is 2.43 bits per heavy atom. The molecule has 1 heterocycles. The molecule has 23 heavy (non-hydrogen) atoms. The van der Waals surface area contributed by atoms with Gasteiger partial charge in [0.15, 0.2) is 0 Å². The van der Waals surface area contributed by atoms with Gasteiger partial charge in [-0.15, -0.1) is 0 Å². The summed E-state index contributed by atoms with van der Waals surface area (Å²) in [5.74, 6) is 0. The summed E-state index contributed by atoms with van der Waals surface area (Å²) in [6, 6.07) is 15.0. The molecule has 0 atom stereocenters. The molecule has 2 aromatic rings. The van der Waals surface area contributed by atoms with Gasteiger partial charge in [0.25, 0.3) is 0 Å². The highest BCUT2D eigenvalue weighted by molar-refractivity contribution is 5.58. The van der Waals surface area contributed by atoms with Crippen molar-refractivity contribution in [1.82, 2.24) is 10.2 Å². The Morgan fingerprint density at radius 2 is 1.74 bits per heavy atom. The molecule has 0 bridgehead atoms. The van der Waals surface area contributed by atoms with Gasteiger partial charge in [0.1, 0.15) is 0 Å². The van der Waals surface area contributed by atoms with Crippen molar-refractivity contribution in [3.05, 3.63) is 59.2 Å². The van der Waals surface area contributed by atoms with Crippen molar-refractivity contribution in [3.63, 3.8) is 0 Å². The van der Waals surface area contributed by atoms with Crippen molar-refractivity contribution in [3.8, 4) is 0 Å². The molecular formula is C19H26N4. The average molecular weight is 310 g/mol. The summed E-state index contributed by atoms with van der Waals surface area (Å²) in [7, 11) is 0. The van der Waals surface area contributed by atoms with Gasteiger partial charge < -0.3 is 16.4 Å². The van der Waals surface area contributed by atoms with Crippen LogP contribution in [0, 0.1) is 6.92 Å². The molecule has 4 nitrogen and oxygen atoms in total. The van der Waals surface area contributed by atoms with Gasteiger partial charge in [-0.25, -0.2) is 0 Å². The van der Waals surface area contributed by atoms with Crippen molar-refractivity contribution < 1.29 is 0 Å². The fourth-order valence-corrected chi connectivity index (χ4v) is 2.84. The van der Waals surface area contributed by atoms with Crippen LogP contribution in [0.3, 0.4) is 0 Å². The summed E-state index contributed by atoms with van der Waals surface area (Å²) in [5, 5.41) is 6.82. The highest BCUT2D eigenvalue weighted by Crippen LogP contribution is 2.18. The van der Waals surface area contributed by atoms with Crippen LogP contribution in [0.15, 0.2) is 42.5 Å². The van der Waals surface area contributed by atoms with E-state index >= 15 is 0 Å². The third-order valence-corrected chi connectivity index (χ3v) is 4.41. The van der Waals surface area contributed by atoms with Gasteiger partial charge in [0.2, 0.25) is 0 Å². The highest BCUT2D eigenvalue weighted by atomic mass is 15.2. The number of piperazine rings is 1. The average Bonchev–Trinajstić information content (AvgIpc) is 2.58. The van der Waals surface area contributed by atoms with Crippen molar-refractivity contribution in [2.24, 2.45) is 0 Å². The second-order valence-electron chi connectivity index (χ2n) is 6.27. The van der Waals surface area contributed by atoms with E-state index in [1.165, 1.54) is 11.1 Å². The zero-order valence-corrected chi connectivity index (χ0v) is 13.8. The number of aryl methyl sites for hydroxylation is 1. The Morgan fingerprint density at radius 1 is 1.04 bits per heavy atom. The van der Waals surface area contributed by atoms with E-state index in [1.807, 2.05) is 19.1 Å². The molecule has 1 aliphatic heterocycles. The Hall–Kier alpha value is -2.04. The molecule has 4 heteroatoms. The quantitative estimate of drug-likeness (QED) is 0.743. The molecule has 1 fully saturated rings. The van der Waals surface area contributed by atoms with E-state index in [-0.39, 0.29) is 0 Å². The molecule has 0 amide bonds. The first kappa shape index (κ1) is 15.8. The third-order valence-electron chi connectivity index (χ3n) is 4.41. The van der Waals surface area contributed by atoms with Gasteiger partial charge in [-0.1, -0.05) is 30.3 Å². The van der Waals surface area contributed by atoms with E-state index in [4.69, 9.17) is 5.73 Å². The second kappa shape index (κ2) is 7.49. The smallest absolute Gasteiger partial charge is 0.0400 e. The first-order valence-corrected chi connectivity index (χ1v) is 8.31. The number of hydrogen-bond acceptors (Lipinski definition) is 4. The van der Waals surface area contributed by atoms with E-state index in [0.717, 1.165) is 56.2 Å². The summed E-state index contributed by atoms with van der Waals surface area (Å²) in [6.45, 7) is 8.36. The summed E-state index contributed by atoms with van der Waals surface area (Å²) < 4.78 is 0. The Labute approximate surface area is 138 Å². The van der Waals surface area contributed by atoms with Crippen LogP contribution in [0.4, 0.5) is 11.4 Å². The fourth-order valence-electron chi connectivity index (χ4n) is 2.84. The third kappa shape index (κ3) is 4.47. The number of nitrogens with zero attached hydrogens (tertiary/aromatic N) is 1. The zero-order chi connectivity index (χ0) is 16.1. The molecule has 2 aromatic carbocycles. The summed E-state index contributed by atoms with van der Waals surface area (Å²) in [6.07, 6.45) is 0. The molecule has 122 valence electrons. The van der Waals surface area contributed by atoms with Gasteiger partial charge in [0.05, 0.1) is 0 Å². The van der Waals surface area contributed by atoms with Crippen LogP contribution in [0.5, 0.6) is 0 Å². The van der Waals surface area contributed by atoms with Crippen LogP contribution >= 0.6 is 0 Å². The van der Waals surface area contributed by atoms with Crippen LogP contribution in [0.25, 0.3) is 0 Å². The molecule has 0 saturated carbocycles. The highest BCUT2D eigenvalue weighted by Gasteiger charge is 2.09. The molecule has 0 aromatic heterocycles. The molecule has 0 aliphatic carbocycles. The van der Waals surface area contributed by atoms with E-state index in [0.29, 0.717) is 0 Å². The van der Waals surface area contributed by atoms with Crippen molar-refractivity contribution >= 4 is 11.4 Å². The van der Waals surface area contributed by atoms with Crippen molar-refractivity contribution in [1.29, 1.82) is 0 Å². The summed E-state index contributed by atoms with van der Waals surface area (Å²) >= 11 is 0. The lowest BCUT2D eigenvalue weighted by Crippen LogP contribution is -2.42. The maximum atomic E-state index is 5.95. The minimum atomic E-state index is 0.816. The lowest BCUT2D eigenvalue weighted by Gasteiger charge is -2.27. The SMILES string of the molecule is Cc1ccc(NCc2ccc(CN3CCNCC3)cc2)cc1N. The number of anilines is 2. The van der Waals surface area contributed by atoms with Crippen molar-refractivity contribution in [2.75, 3.05) is 37.2 Å². The van der Waals surface area contributed by atoms with E-state index in [1.54, 1.807) is 0 Å². The summed E-state index contributed by atoms with van der Waals surface area (Å²) in [5.41, 5.74) is 11.6. The predicted molar refractivity (Wildman–Crippen MR) is 97.5 cm³/mol. The van der Waals surface area contributed by atoms with Gasteiger partial charge in [-0.2, -0.15) is 0 Å². The van der Waals surface area contributed by atoms with Crippen LogP contribution < -0.4 is 16.4 Å². The molecule has 1 aliphatic rings. The molecule has 3 rings (SSSR count). The molecule has 0 spiro atoms. The topological polar surface area (TPSA) is 53.3 Å². The van der Waals surface area contributed by atoms with Crippen LogP contribution in [-0.4, -0.2) is 31.1 Å². The monoisotopic (exact) mass is 310 g/mol. The summed E-state index contributed by atoms with van der Waals surface area (Å²) in [4.78, 5) is 2.50. The lowest BCUT2D eigenvalue weighted by atomic mass is 10.1. The minimum absolute atomic E-state index is 0.816.